The first-order valence-electron chi connectivity index (χ1n) is 5.58. The molecule has 0 unspecified atom stereocenters. The van der Waals surface area contributed by atoms with Gasteiger partial charge in [-0.3, -0.25) is 15.1 Å². The van der Waals surface area contributed by atoms with Crippen molar-refractivity contribution < 1.29 is 4.92 Å². The van der Waals surface area contributed by atoms with Crippen LogP contribution in [-0.2, 0) is 5.88 Å². The summed E-state index contributed by atoms with van der Waals surface area (Å²) in [6.07, 6.45) is 3.35. The van der Waals surface area contributed by atoms with Gasteiger partial charge in [0, 0.05) is 12.2 Å². The van der Waals surface area contributed by atoms with E-state index in [0.29, 0.717) is 11.4 Å². The van der Waals surface area contributed by atoms with Crippen molar-refractivity contribution in [2.45, 2.75) is 38.6 Å². The van der Waals surface area contributed by atoms with E-state index in [1.54, 1.807) is 6.07 Å². The molecule has 17 heavy (non-hydrogen) atoms. The second-order valence-corrected chi connectivity index (χ2v) is 3.97. The van der Waals surface area contributed by atoms with Crippen molar-refractivity contribution in [1.29, 1.82) is 0 Å². The standard InChI is InChI=1S/C11H16ClN3O2/c1-3-8(4-2)14-9-5-6-13-10(7-12)11(9)15(16)17/h5-6,8H,3-4,7H2,1-2H3,(H,13,14). The Morgan fingerprint density at radius 1 is 1.53 bits per heavy atom. The summed E-state index contributed by atoms with van der Waals surface area (Å²) in [6, 6.07) is 1.84. The molecule has 0 fully saturated rings. The predicted octanol–water partition coefficient (Wildman–Crippen LogP) is 3.33. The van der Waals surface area contributed by atoms with Gasteiger partial charge in [-0.15, -0.1) is 11.6 Å². The monoisotopic (exact) mass is 257 g/mol. The summed E-state index contributed by atoms with van der Waals surface area (Å²) in [5, 5.41) is 14.2. The summed E-state index contributed by atoms with van der Waals surface area (Å²) >= 11 is 5.66. The minimum Gasteiger partial charge on any atom is -0.377 e. The zero-order valence-corrected chi connectivity index (χ0v) is 10.7. The third-order valence-electron chi connectivity index (χ3n) is 2.65. The molecule has 0 atom stereocenters. The number of hydrogen-bond donors (Lipinski definition) is 1. The lowest BCUT2D eigenvalue weighted by Crippen LogP contribution is -2.18. The Bertz CT molecular complexity index is 394. The number of nitro groups is 1. The maximum absolute atomic E-state index is 11.0. The second kappa shape index (κ2) is 6.39. The molecule has 0 saturated carbocycles. The van der Waals surface area contributed by atoms with Crippen molar-refractivity contribution in [2.75, 3.05) is 5.32 Å². The van der Waals surface area contributed by atoms with Crippen molar-refractivity contribution >= 4 is 23.0 Å². The Kier molecular flexibility index (Phi) is 5.15. The number of nitrogens with zero attached hydrogens (tertiary/aromatic N) is 2. The van der Waals surface area contributed by atoms with E-state index < -0.39 is 4.92 Å². The fourth-order valence-corrected chi connectivity index (χ4v) is 1.82. The molecular weight excluding hydrogens is 242 g/mol. The van der Waals surface area contributed by atoms with Gasteiger partial charge in [0.15, 0.2) is 0 Å². The Labute approximate surface area is 105 Å². The normalized spacial score (nSPS) is 10.6. The molecule has 0 aromatic carbocycles. The van der Waals surface area contributed by atoms with Crippen molar-refractivity contribution in [3.8, 4) is 0 Å². The van der Waals surface area contributed by atoms with Crippen LogP contribution in [0.15, 0.2) is 12.3 Å². The molecule has 0 bridgehead atoms. The van der Waals surface area contributed by atoms with Gasteiger partial charge in [-0.1, -0.05) is 13.8 Å². The molecule has 1 aromatic rings. The third kappa shape index (κ3) is 3.30. The number of hydrogen-bond acceptors (Lipinski definition) is 4. The van der Waals surface area contributed by atoms with Gasteiger partial charge in [-0.2, -0.15) is 0 Å². The zero-order chi connectivity index (χ0) is 12.8. The number of aromatic nitrogens is 1. The highest BCUT2D eigenvalue weighted by Gasteiger charge is 2.21. The zero-order valence-electron chi connectivity index (χ0n) is 9.94. The molecule has 1 rings (SSSR count). The minimum absolute atomic E-state index is 0.0191. The molecule has 0 amide bonds. The van der Waals surface area contributed by atoms with E-state index in [2.05, 4.69) is 10.3 Å². The first kappa shape index (κ1) is 13.7. The molecule has 94 valence electrons. The van der Waals surface area contributed by atoms with Crippen LogP contribution in [0, 0.1) is 10.1 Å². The van der Waals surface area contributed by atoms with Crippen molar-refractivity contribution in [1.82, 2.24) is 4.98 Å². The van der Waals surface area contributed by atoms with Crippen LogP contribution >= 0.6 is 11.6 Å². The van der Waals surface area contributed by atoms with Crippen molar-refractivity contribution in [3.05, 3.63) is 28.1 Å². The SMILES string of the molecule is CCC(CC)Nc1ccnc(CCl)c1[N+](=O)[O-]. The molecule has 0 aliphatic heterocycles. The van der Waals surface area contributed by atoms with Gasteiger partial charge in [0.2, 0.25) is 0 Å². The number of alkyl halides is 1. The number of rotatable bonds is 6. The summed E-state index contributed by atoms with van der Waals surface area (Å²) in [6.45, 7) is 4.08. The summed E-state index contributed by atoms with van der Waals surface area (Å²) in [5.74, 6) is 0.0365. The minimum atomic E-state index is -0.435. The molecule has 6 heteroatoms. The molecular formula is C11H16ClN3O2. The quantitative estimate of drug-likeness (QED) is 0.482. The lowest BCUT2D eigenvalue weighted by molar-refractivity contribution is -0.384. The Morgan fingerprint density at radius 3 is 2.65 bits per heavy atom. The van der Waals surface area contributed by atoms with Crippen LogP contribution in [0.5, 0.6) is 0 Å². The summed E-state index contributed by atoms with van der Waals surface area (Å²) in [7, 11) is 0. The average Bonchev–Trinajstić information content (AvgIpc) is 2.34. The lowest BCUT2D eigenvalue weighted by Gasteiger charge is -2.16. The number of nitrogens with one attached hydrogen (secondary N) is 1. The third-order valence-corrected chi connectivity index (χ3v) is 2.91. The fraction of sp³-hybridized carbons (Fsp3) is 0.545. The van der Waals surface area contributed by atoms with Crippen LogP contribution in [0.3, 0.4) is 0 Å². The van der Waals surface area contributed by atoms with E-state index in [0.717, 1.165) is 12.8 Å². The highest BCUT2D eigenvalue weighted by Crippen LogP contribution is 2.29. The van der Waals surface area contributed by atoms with Gasteiger partial charge in [-0.05, 0) is 18.9 Å². The van der Waals surface area contributed by atoms with Gasteiger partial charge < -0.3 is 5.32 Å². The molecule has 0 radical (unpaired) electrons. The summed E-state index contributed by atoms with van der Waals surface area (Å²) < 4.78 is 0. The number of halogens is 1. The second-order valence-electron chi connectivity index (χ2n) is 3.70. The first-order valence-corrected chi connectivity index (χ1v) is 6.12. The first-order chi connectivity index (χ1) is 8.13. The molecule has 5 nitrogen and oxygen atoms in total. The molecule has 0 saturated heterocycles. The summed E-state index contributed by atoms with van der Waals surface area (Å²) in [5.41, 5.74) is 0.774. The van der Waals surface area contributed by atoms with Crippen LogP contribution < -0.4 is 5.32 Å². The Balaban J connectivity index is 3.09. The summed E-state index contributed by atoms with van der Waals surface area (Å²) in [4.78, 5) is 14.5. The molecule has 1 aromatic heterocycles. The molecule has 1 N–H and O–H groups in total. The van der Waals surface area contributed by atoms with Gasteiger partial charge >= 0.3 is 5.69 Å². The molecule has 0 aliphatic rings. The maximum Gasteiger partial charge on any atom is 0.314 e. The van der Waals surface area contributed by atoms with E-state index in [9.17, 15) is 10.1 Å². The van der Waals surface area contributed by atoms with Crippen LogP contribution in [0.4, 0.5) is 11.4 Å². The number of pyridine rings is 1. The fourth-order valence-electron chi connectivity index (χ4n) is 1.63. The van der Waals surface area contributed by atoms with E-state index in [4.69, 9.17) is 11.6 Å². The van der Waals surface area contributed by atoms with Gasteiger partial charge in [0.05, 0.1) is 10.8 Å². The van der Waals surface area contributed by atoms with Gasteiger partial charge in [-0.25, -0.2) is 0 Å². The maximum atomic E-state index is 11.0. The average molecular weight is 258 g/mol. The topological polar surface area (TPSA) is 68.1 Å². The van der Waals surface area contributed by atoms with E-state index in [1.807, 2.05) is 13.8 Å². The van der Waals surface area contributed by atoms with Crippen LogP contribution in [0.25, 0.3) is 0 Å². The van der Waals surface area contributed by atoms with Crippen LogP contribution in [0.2, 0.25) is 0 Å². The van der Waals surface area contributed by atoms with Crippen LogP contribution in [0.1, 0.15) is 32.4 Å². The van der Waals surface area contributed by atoms with Crippen molar-refractivity contribution in [3.63, 3.8) is 0 Å². The van der Waals surface area contributed by atoms with E-state index in [1.165, 1.54) is 6.20 Å². The molecule has 1 heterocycles. The van der Waals surface area contributed by atoms with E-state index >= 15 is 0 Å². The highest BCUT2D eigenvalue weighted by atomic mass is 35.5. The number of anilines is 1. The highest BCUT2D eigenvalue weighted by molar-refractivity contribution is 6.17. The Morgan fingerprint density at radius 2 is 2.18 bits per heavy atom. The van der Waals surface area contributed by atoms with Gasteiger partial charge in [0.1, 0.15) is 11.4 Å². The van der Waals surface area contributed by atoms with E-state index in [-0.39, 0.29) is 17.6 Å². The predicted molar refractivity (Wildman–Crippen MR) is 68.4 cm³/mol. The smallest absolute Gasteiger partial charge is 0.314 e. The molecule has 0 spiro atoms. The van der Waals surface area contributed by atoms with Crippen LogP contribution in [-0.4, -0.2) is 15.9 Å². The van der Waals surface area contributed by atoms with Gasteiger partial charge in [0.25, 0.3) is 0 Å². The Hall–Kier alpha value is -1.36. The largest absolute Gasteiger partial charge is 0.377 e. The molecule has 0 aliphatic carbocycles. The van der Waals surface area contributed by atoms with Crippen molar-refractivity contribution in [2.24, 2.45) is 0 Å². The lowest BCUT2D eigenvalue weighted by atomic mass is 10.1.